The van der Waals surface area contributed by atoms with Crippen LogP contribution in [0, 0.1) is 13.8 Å². The molecule has 2 aromatic rings. The zero-order valence-corrected chi connectivity index (χ0v) is 12.2. The Balaban J connectivity index is 1.93. The summed E-state index contributed by atoms with van der Waals surface area (Å²) < 4.78 is 0. The second-order valence-electron chi connectivity index (χ2n) is 4.36. The zero-order chi connectivity index (χ0) is 14.4. The first-order valence-electron chi connectivity index (χ1n) is 6.23. The van der Waals surface area contributed by atoms with E-state index in [1.165, 1.54) is 11.1 Å². The minimum Gasteiger partial charge on any atom is -0.331 e. The van der Waals surface area contributed by atoms with Gasteiger partial charge in [0.1, 0.15) is 0 Å². The normalized spacial score (nSPS) is 10.5. The number of hydrazone groups is 1. The van der Waals surface area contributed by atoms with E-state index in [9.17, 15) is 0 Å². The average Bonchev–Trinajstić information content (AvgIpc) is 2.45. The molecule has 4 nitrogen and oxygen atoms in total. The van der Waals surface area contributed by atoms with Gasteiger partial charge in [0, 0.05) is 23.6 Å². The van der Waals surface area contributed by atoms with Gasteiger partial charge >= 0.3 is 0 Å². The maximum absolute atomic E-state index is 5.20. The molecule has 0 aliphatic carbocycles. The minimum atomic E-state index is 0.457. The zero-order valence-electron chi connectivity index (χ0n) is 11.4. The fourth-order valence-corrected chi connectivity index (χ4v) is 1.82. The van der Waals surface area contributed by atoms with Crippen molar-refractivity contribution in [1.29, 1.82) is 0 Å². The Morgan fingerprint density at radius 1 is 1.25 bits per heavy atom. The smallest absolute Gasteiger partial charge is 0.191 e. The van der Waals surface area contributed by atoms with Gasteiger partial charge in [0.05, 0.1) is 6.21 Å². The highest BCUT2D eigenvalue weighted by molar-refractivity contribution is 7.80. The quantitative estimate of drug-likeness (QED) is 0.517. The van der Waals surface area contributed by atoms with E-state index in [-0.39, 0.29) is 0 Å². The lowest BCUT2D eigenvalue weighted by Gasteiger charge is -2.11. The van der Waals surface area contributed by atoms with Crippen molar-refractivity contribution in [1.82, 2.24) is 10.4 Å². The maximum atomic E-state index is 5.20. The number of nitrogens with zero attached hydrogens (tertiary/aromatic N) is 2. The van der Waals surface area contributed by atoms with Gasteiger partial charge in [-0.15, -0.1) is 0 Å². The Kier molecular flexibility index (Phi) is 4.79. The number of pyridine rings is 1. The van der Waals surface area contributed by atoms with E-state index in [1.807, 2.05) is 24.3 Å². The Morgan fingerprint density at radius 2 is 2.10 bits per heavy atom. The van der Waals surface area contributed by atoms with Gasteiger partial charge in [-0.25, -0.2) is 0 Å². The molecule has 0 spiro atoms. The van der Waals surface area contributed by atoms with Gasteiger partial charge in [0.15, 0.2) is 5.11 Å². The van der Waals surface area contributed by atoms with Crippen LogP contribution in [0.3, 0.4) is 0 Å². The number of aryl methyl sites for hydroxylation is 1. The number of benzene rings is 1. The summed E-state index contributed by atoms with van der Waals surface area (Å²) in [5, 5.41) is 7.66. The second-order valence-corrected chi connectivity index (χ2v) is 4.77. The van der Waals surface area contributed by atoms with Crippen molar-refractivity contribution in [3.05, 3.63) is 59.4 Å². The predicted molar refractivity (Wildman–Crippen MR) is 87.1 cm³/mol. The molecule has 0 saturated heterocycles. The fraction of sp³-hybridized carbons (Fsp3) is 0.133. The lowest BCUT2D eigenvalue weighted by atomic mass is 10.1. The fourth-order valence-electron chi connectivity index (χ4n) is 1.65. The van der Waals surface area contributed by atoms with Crippen LogP contribution >= 0.6 is 12.2 Å². The molecule has 5 heteroatoms. The van der Waals surface area contributed by atoms with Gasteiger partial charge in [0.2, 0.25) is 0 Å². The summed E-state index contributed by atoms with van der Waals surface area (Å²) >= 11 is 5.20. The highest BCUT2D eigenvalue weighted by atomic mass is 32.1. The first kappa shape index (κ1) is 14.1. The summed E-state index contributed by atoms with van der Waals surface area (Å²) in [4.78, 5) is 4.00. The summed E-state index contributed by atoms with van der Waals surface area (Å²) in [5.74, 6) is 0. The predicted octanol–water partition coefficient (Wildman–Crippen LogP) is 3.02. The van der Waals surface area contributed by atoms with E-state index in [0.717, 1.165) is 11.3 Å². The molecule has 20 heavy (non-hydrogen) atoms. The van der Waals surface area contributed by atoms with Crippen molar-refractivity contribution in [2.75, 3.05) is 5.32 Å². The molecule has 1 aromatic carbocycles. The van der Waals surface area contributed by atoms with Gasteiger partial charge in [0.25, 0.3) is 0 Å². The highest BCUT2D eigenvalue weighted by Crippen LogP contribution is 2.17. The summed E-state index contributed by atoms with van der Waals surface area (Å²) in [6, 6.07) is 9.82. The first-order chi connectivity index (χ1) is 9.66. The van der Waals surface area contributed by atoms with Gasteiger partial charge in [-0.2, -0.15) is 5.10 Å². The van der Waals surface area contributed by atoms with Crippen molar-refractivity contribution >= 4 is 29.2 Å². The molecule has 0 bridgehead atoms. The van der Waals surface area contributed by atoms with Crippen molar-refractivity contribution in [3.8, 4) is 0 Å². The van der Waals surface area contributed by atoms with Crippen molar-refractivity contribution in [3.63, 3.8) is 0 Å². The first-order valence-corrected chi connectivity index (χ1v) is 6.64. The van der Waals surface area contributed by atoms with Gasteiger partial charge in [-0.3, -0.25) is 10.4 Å². The second kappa shape index (κ2) is 6.77. The summed E-state index contributed by atoms with van der Waals surface area (Å²) in [7, 11) is 0. The molecule has 1 aromatic heterocycles. The molecule has 1 heterocycles. The van der Waals surface area contributed by atoms with Crippen LogP contribution in [0.5, 0.6) is 0 Å². The van der Waals surface area contributed by atoms with Gasteiger partial charge in [-0.05, 0) is 49.3 Å². The molecule has 0 saturated carbocycles. The number of hydrogen-bond acceptors (Lipinski definition) is 3. The molecule has 0 unspecified atom stereocenters. The SMILES string of the molecule is Cc1cccc(NC(=S)NN=Cc2cccnc2)c1C. The van der Waals surface area contributed by atoms with Gasteiger partial charge in [-0.1, -0.05) is 18.2 Å². The van der Waals surface area contributed by atoms with Crippen molar-refractivity contribution < 1.29 is 0 Å². The van der Waals surface area contributed by atoms with Crippen LogP contribution in [0.1, 0.15) is 16.7 Å². The molecule has 2 rings (SSSR count). The Labute approximate surface area is 123 Å². The van der Waals surface area contributed by atoms with Crippen LogP contribution in [0.2, 0.25) is 0 Å². The Morgan fingerprint density at radius 3 is 2.85 bits per heavy atom. The topological polar surface area (TPSA) is 49.3 Å². The lowest BCUT2D eigenvalue weighted by molar-refractivity contribution is 1.05. The molecule has 0 aliphatic heterocycles. The van der Waals surface area contributed by atoms with Crippen LogP contribution in [-0.2, 0) is 0 Å². The third kappa shape index (κ3) is 3.86. The number of anilines is 1. The molecule has 0 fully saturated rings. The number of thiocarbonyl (C=S) groups is 1. The molecular weight excluding hydrogens is 268 g/mol. The standard InChI is InChI=1S/C15H16N4S/c1-11-5-3-7-14(12(11)2)18-15(20)19-17-10-13-6-4-8-16-9-13/h3-10H,1-2H3,(H2,18,19,20). The summed E-state index contributed by atoms with van der Waals surface area (Å²) in [6.45, 7) is 4.12. The number of rotatable bonds is 3. The molecule has 0 aliphatic rings. The molecule has 102 valence electrons. The monoisotopic (exact) mass is 284 g/mol. The maximum Gasteiger partial charge on any atom is 0.191 e. The molecule has 0 amide bonds. The molecular formula is C15H16N4S. The van der Waals surface area contributed by atoms with Gasteiger partial charge < -0.3 is 5.32 Å². The molecule has 0 atom stereocenters. The molecule has 0 radical (unpaired) electrons. The van der Waals surface area contributed by atoms with Crippen LogP contribution in [0.15, 0.2) is 47.8 Å². The van der Waals surface area contributed by atoms with E-state index in [1.54, 1.807) is 18.6 Å². The van der Waals surface area contributed by atoms with E-state index < -0.39 is 0 Å². The number of aromatic nitrogens is 1. The average molecular weight is 284 g/mol. The third-order valence-corrected chi connectivity index (χ3v) is 3.11. The Hall–Kier alpha value is -2.27. The van der Waals surface area contributed by atoms with E-state index in [2.05, 4.69) is 40.7 Å². The highest BCUT2D eigenvalue weighted by Gasteiger charge is 2.01. The van der Waals surface area contributed by atoms with E-state index in [0.29, 0.717) is 5.11 Å². The summed E-state index contributed by atoms with van der Waals surface area (Å²) in [5.41, 5.74) is 7.08. The van der Waals surface area contributed by atoms with Crippen LogP contribution < -0.4 is 10.7 Å². The number of nitrogens with one attached hydrogen (secondary N) is 2. The largest absolute Gasteiger partial charge is 0.331 e. The Bertz CT molecular complexity index is 623. The van der Waals surface area contributed by atoms with Crippen molar-refractivity contribution in [2.24, 2.45) is 5.10 Å². The van der Waals surface area contributed by atoms with Crippen LogP contribution in [-0.4, -0.2) is 16.3 Å². The van der Waals surface area contributed by atoms with Crippen LogP contribution in [0.4, 0.5) is 5.69 Å². The molecule has 2 N–H and O–H groups in total. The lowest BCUT2D eigenvalue weighted by Crippen LogP contribution is -2.24. The van der Waals surface area contributed by atoms with E-state index >= 15 is 0 Å². The minimum absolute atomic E-state index is 0.457. The summed E-state index contributed by atoms with van der Waals surface area (Å²) in [6.07, 6.45) is 5.12. The van der Waals surface area contributed by atoms with Crippen molar-refractivity contribution in [2.45, 2.75) is 13.8 Å². The van der Waals surface area contributed by atoms with Crippen LogP contribution in [0.25, 0.3) is 0 Å². The van der Waals surface area contributed by atoms with E-state index in [4.69, 9.17) is 12.2 Å². The third-order valence-electron chi connectivity index (χ3n) is 2.92. The number of hydrogen-bond donors (Lipinski definition) is 2.